The van der Waals surface area contributed by atoms with E-state index in [4.69, 9.17) is 11.2 Å². The average Bonchev–Trinajstić information content (AvgIpc) is 2.78. The highest BCUT2D eigenvalue weighted by atomic mass is 16.5. The van der Waals surface area contributed by atoms with E-state index in [1.165, 1.54) is 0 Å². The Morgan fingerprint density at radius 2 is 1.68 bits per heavy atom. The first-order chi connectivity index (χ1) is 15.1. The molecule has 3 nitrogen and oxygen atoms in total. The Morgan fingerprint density at radius 1 is 0.935 bits per heavy atom. The van der Waals surface area contributed by atoms with Crippen molar-refractivity contribution < 1.29 is 9.84 Å². The van der Waals surface area contributed by atoms with E-state index in [0.29, 0.717) is 12.2 Å². The Bertz CT molecular complexity index is 1140. The molecule has 0 fully saturated rings. The van der Waals surface area contributed by atoms with Gasteiger partial charge in [0.2, 0.25) is 0 Å². The van der Waals surface area contributed by atoms with E-state index < -0.39 is 0 Å². The molecule has 1 N–H and O–H groups in total. The second-order valence-corrected chi connectivity index (χ2v) is 7.24. The summed E-state index contributed by atoms with van der Waals surface area (Å²) in [4.78, 5) is 2.07. The molecule has 0 aliphatic heterocycles. The largest absolute Gasteiger partial charge is 0.508 e. The summed E-state index contributed by atoms with van der Waals surface area (Å²) in [6.07, 6.45) is 5.87. The van der Waals surface area contributed by atoms with Crippen molar-refractivity contribution in [2.24, 2.45) is 0 Å². The molecule has 3 aromatic rings. The van der Waals surface area contributed by atoms with Crippen LogP contribution in [-0.4, -0.2) is 37.3 Å². The van der Waals surface area contributed by atoms with E-state index in [-0.39, 0.29) is 5.75 Å². The number of benzene rings is 3. The van der Waals surface area contributed by atoms with Gasteiger partial charge in [0.15, 0.2) is 0 Å². The second kappa shape index (κ2) is 10.7. The third-order valence-corrected chi connectivity index (χ3v) is 4.59. The van der Waals surface area contributed by atoms with Crippen molar-refractivity contribution in [3.05, 3.63) is 101 Å². The minimum atomic E-state index is 0.172. The maximum Gasteiger partial charge on any atom is 0.119 e. The lowest BCUT2D eigenvalue weighted by molar-refractivity contribution is 0.261. The van der Waals surface area contributed by atoms with Crippen molar-refractivity contribution in [3.8, 4) is 35.7 Å². The van der Waals surface area contributed by atoms with Crippen molar-refractivity contribution in [1.82, 2.24) is 4.90 Å². The number of likely N-dealkylation sites (N-methyl/N-ethyl adjacent to an activating group) is 1. The fraction of sp³-hybridized carbons (Fsp3) is 0.143. The molecule has 0 saturated carbocycles. The molecule has 3 aromatic carbocycles. The Morgan fingerprint density at radius 3 is 2.32 bits per heavy atom. The van der Waals surface area contributed by atoms with Gasteiger partial charge in [-0.3, -0.25) is 0 Å². The van der Waals surface area contributed by atoms with Crippen LogP contribution in [0.25, 0.3) is 5.57 Å². The molecule has 0 aliphatic carbocycles. The zero-order chi connectivity index (χ0) is 22.1. The van der Waals surface area contributed by atoms with Crippen molar-refractivity contribution in [1.29, 1.82) is 0 Å². The van der Waals surface area contributed by atoms with Crippen LogP contribution in [0.4, 0.5) is 0 Å². The van der Waals surface area contributed by atoms with Gasteiger partial charge in [0, 0.05) is 17.7 Å². The number of hydrogen-bond acceptors (Lipinski definition) is 3. The predicted octanol–water partition coefficient (Wildman–Crippen LogP) is 4.82. The first kappa shape index (κ1) is 21.8. The molecule has 0 unspecified atom stereocenters. The summed E-state index contributed by atoms with van der Waals surface area (Å²) < 4.78 is 5.80. The van der Waals surface area contributed by atoms with Crippen LogP contribution in [-0.2, 0) is 0 Å². The smallest absolute Gasteiger partial charge is 0.119 e. The number of ether oxygens (including phenoxy) is 1. The maximum absolute atomic E-state index is 10.0. The molecule has 0 bridgehead atoms. The summed E-state index contributed by atoms with van der Waals surface area (Å²) in [5.74, 6) is 9.98. The molecule has 154 valence electrons. The number of terminal acetylenes is 1. The number of phenols is 1. The summed E-state index contributed by atoms with van der Waals surface area (Å²) in [5, 5.41) is 10.0. The molecule has 31 heavy (non-hydrogen) atoms. The first-order valence-corrected chi connectivity index (χ1v) is 10.0. The molecule has 0 saturated heterocycles. The lowest BCUT2D eigenvalue weighted by Crippen LogP contribution is -2.19. The molecule has 3 heteroatoms. The SMILES string of the molecule is C#CC(C#Cc1ccccc1)=C(c1ccc(OCCN(C)C)cc1)c1cccc(O)c1. The van der Waals surface area contributed by atoms with Crippen LogP contribution in [0.15, 0.2) is 84.4 Å². The predicted molar refractivity (Wildman–Crippen MR) is 127 cm³/mol. The van der Waals surface area contributed by atoms with Crippen molar-refractivity contribution >= 4 is 5.57 Å². The van der Waals surface area contributed by atoms with Crippen LogP contribution in [0.2, 0.25) is 0 Å². The van der Waals surface area contributed by atoms with Crippen molar-refractivity contribution in [2.45, 2.75) is 0 Å². The minimum absolute atomic E-state index is 0.172. The standard InChI is InChI=1S/C28H25NO2/c1-4-23(14-13-22-9-6-5-7-10-22)28(25-11-8-12-26(30)21-25)24-15-17-27(18-16-24)31-20-19-29(2)3/h1,5-12,15-18,21,30H,19-20H2,2-3H3. The highest BCUT2D eigenvalue weighted by Gasteiger charge is 2.11. The average molecular weight is 408 g/mol. The van der Waals surface area contributed by atoms with Gasteiger partial charge in [-0.25, -0.2) is 0 Å². The fourth-order valence-electron chi connectivity index (χ4n) is 3.01. The molecule has 0 radical (unpaired) electrons. The summed E-state index contributed by atoms with van der Waals surface area (Å²) in [5.41, 5.74) is 3.94. The van der Waals surface area contributed by atoms with Crippen LogP contribution in [0, 0.1) is 24.2 Å². The molecule has 3 rings (SSSR count). The number of aromatic hydroxyl groups is 1. The maximum atomic E-state index is 10.0. The van der Waals surface area contributed by atoms with E-state index in [1.807, 2.05) is 74.8 Å². The van der Waals surface area contributed by atoms with Crippen LogP contribution in [0.1, 0.15) is 16.7 Å². The van der Waals surface area contributed by atoms with Crippen LogP contribution >= 0.6 is 0 Å². The molecule has 0 aliphatic rings. The molecule has 0 heterocycles. The fourth-order valence-corrected chi connectivity index (χ4v) is 3.01. The molecule has 0 spiro atoms. The third kappa shape index (κ3) is 6.28. The number of nitrogens with zero attached hydrogens (tertiary/aromatic N) is 1. The van der Waals surface area contributed by atoms with Gasteiger partial charge in [0.25, 0.3) is 0 Å². The Hall–Kier alpha value is -3.92. The van der Waals surface area contributed by atoms with Crippen LogP contribution in [0.3, 0.4) is 0 Å². The lowest BCUT2D eigenvalue weighted by atomic mass is 9.93. The van der Waals surface area contributed by atoms with Gasteiger partial charge in [-0.1, -0.05) is 60.2 Å². The summed E-state index contributed by atoms with van der Waals surface area (Å²) >= 11 is 0. The van der Waals surface area contributed by atoms with Crippen molar-refractivity contribution in [2.75, 3.05) is 27.2 Å². The Balaban J connectivity index is 2.02. The van der Waals surface area contributed by atoms with Crippen molar-refractivity contribution in [3.63, 3.8) is 0 Å². The van der Waals surface area contributed by atoms with Gasteiger partial charge in [-0.15, -0.1) is 6.42 Å². The van der Waals surface area contributed by atoms with Gasteiger partial charge in [0.1, 0.15) is 18.1 Å². The monoisotopic (exact) mass is 407 g/mol. The molecule has 0 amide bonds. The third-order valence-electron chi connectivity index (χ3n) is 4.59. The quantitative estimate of drug-likeness (QED) is 0.595. The van der Waals surface area contributed by atoms with Gasteiger partial charge >= 0.3 is 0 Å². The minimum Gasteiger partial charge on any atom is -0.508 e. The van der Waals surface area contributed by atoms with E-state index in [1.54, 1.807) is 18.2 Å². The summed E-state index contributed by atoms with van der Waals surface area (Å²) in [6.45, 7) is 1.45. The molecular weight excluding hydrogens is 382 g/mol. The van der Waals surface area contributed by atoms with Crippen LogP contribution in [0.5, 0.6) is 11.5 Å². The number of rotatable bonds is 6. The lowest BCUT2D eigenvalue weighted by Gasteiger charge is -2.13. The van der Waals surface area contributed by atoms with E-state index in [9.17, 15) is 5.11 Å². The molecular formula is C28H25NO2. The topological polar surface area (TPSA) is 32.7 Å². The number of allylic oxidation sites excluding steroid dienone is 1. The zero-order valence-corrected chi connectivity index (χ0v) is 17.8. The zero-order valence-electron chi connectivity index (χ0n) is 17.8. The summed E-state index contributed by atoms with van der Waals surface area (Å²) in [6, 6.07) is 24.5. The second-order valence-electron chi connectivity index (χ2n) is 7.24. The summed E-state index contributed by atoms with van der Waals surface area (Å²) in [7, 11) is 4.02. The Kier molecular flexibility index (Phi) is 7.55. The van der Waals surface area contributed by atoms with Gasteiger partial charge in [0.05, 0.1) is 5.57 Å². The number of phenolic OH excluding ortho intramolecular Hbond substituents is 1. The highest BCUT2D eigenvalue weighted by Crippen LogP contribution is 2.30. The highest BCUT2D eigenvalue weighted by molar-refractivity contribution is 5.88. The van der Waals surface area contributed by atoms with Gasteiger partial charge < -0.3 is 14.7 Å². The van der Waals surface area contributed by atoms with Gasteiger partial charge in [-0.2, -0.15) is 0 Å². The number of hydrogen-bond donors (Lipinski definition) is 1. The van der Waals surface area contributed by atoms with E-state index in [2.05, 4.69) is 22.7 Å². The first-order valence-electron chi connectivity index (χ1n) is 10.0. The normalized spacial score (nSPS) is 11.2. The molecule has 0 atom stereocenters. The van der Waals surface area contributed by atoms with E-state index >= 15 is 0 Å². The van der Waals surface area contributed by atoms with Crippen LogP contribution < -0.4 is 4.74 Å². The Labute approximate surface area is 184 Å². The molecule has 0 aromatic heterocycles. The van der Waals surface area contributed by atoms with E-state index in [0.717, 1.165) is 34.6 Å². The van der Waals surface area contributed by atoms with Gasteiger partial charge in [-0.05, 0) is 61.6 Å².